The van der Waals surface area contributed by atoms with Crippen molar-refractivity contribution in [1.29, 1.82) is 0 Å². The minimum atomic E-state index is -4.38. The van der Waals surface area contributed by atoms with Gasteiger partial charge in [0.2, 0.25) is 5.82 Å². The molecule has 0 saturated carbocycles. The first-order valence-electron chi connectivity index (χ1n) is 9.90. The Balaban J connectivity index is 1.46. The van der Waals surface area contributed by atoms with Crippen molar-refractivity contribution in [3.05, 3.63) is 74.5 Å². The highest BCUT2D eigenvalue weighted by molar-refractivity contribution is 7.09. The van der Waals surface area contributed by atoms with Crippen LogP contribution >= 0.6 is 11.3 Å². The SMILES string of the molecule is O=[N+]([O-])c1ccc(N2CCN(c3cccc(C(F)(F)F)c3)CC2)nc1NCc1cccs1. The van der Waals surface area contributed by atoms with Crippen LogP contribution < -0.4 is 15.1 Å². The molecule has 3 aromatic rings. The van der Waals surface area contributed by atoms with Crippen molar-refractivity contribution in [3.63, 3.8) is 0 Å². The van der Waals surface area contributed by atoms with Gasteiger partial charge in [0.15, 0.2) is 0 Å². The van der Waals surface area contributed by atoms with E-state index in [-0.39, 0.29) is 11.5 Å². The first kappa shape index (κ1) is 21.9. The highest BCUT2D eigenvalue weighted by atomic mass is 32.1. The van der Waals surface area contributed by atoms with Crippen molar-refractivity contribution >= 4 is 34.3 Å². The summed E-state index contributed by atoms with van der Waals surface area (Å²) in [5.41, 5.74) is -0.252. The second-order valence-corrected chi connectivity index (χ2v) is 8.28. The summed E-state index contributed by atoms with van der Waals surface area (Å²) < 4.78 is 39.0. The average molecular weight is 463 g/mol. The number of nitrogens with one attached hydrogen (secondary N) is 1. The topological polar surface area (TPSA) is 74.5 Å². The van der Waals surface area contributed by atoms with Crippen molar-refractivity contribution < 1.29 is 18.1 Å². The third kappa shape index (κ3) is 4.93. The van der Waals surface area contributed by atoms with Crippen LogP contribution in [0.15, 0.2) is 53.9 Å². The smallest absolute Gasteiger partial charge is 0.368 e. The van der Waals surface area contributed by atoms with Crippen molar-refractivity contribution in [3.8, 4) is 0 Å². The average Bonchev–Trinajstić information content (AvgIpc) is 3.31. The molecule has 168 valence electrons. The van der Waals surface area contributed by atoms with Crippen LogP contribution in [0.4, 0.5) is 36.2 Å². The monoisotopic (exact) mass is 463 g/mol. The lowest BCUT2D eigenvalue weighted by atomic mass is 10.1. The summed E-state index contributed by atoms with van der Waals surface area (Å²) in [4.78, 5) is 20.3. The van der Waals surface area contributed by atoms with Crippen LogP contribution in [0.5, 0.6) is 0 Å². The van der Waals surface area contributed by atoms with Crippen LogP contribution in [-0.2, 0) is 12.7 Å². The minimum absolute atomic E-state index is 0.104. The van der Waals surface area contributed by atoms with Crippen molar-refractivity contribution in [2.75, 3.05) is 41.3 Å². The number of alkyl halides is 3. The van der Waals surface area contributed by atoms with Gasteiger partial charge in [-0.05, 0) is 35.7 Å². The molecule has 0 aliphatic carbocycles. The van der Waals surface area contributed by atoms with E-state index in [1.165, 1.54) is 12.1 Å². The van der Waals surface area contributed by atoms with Gasteiger partial charge in [-0.1, -0.05) is 12.1 Å². The highest BCUT2D eigenvalue weighted by Crippen LogP contribution is 2.32. The molecule has 1 fully saturated rings. The molecule has 1 aromatic carbocycles. The number of piperazine rings is 1. The molecule has 4 rings (SSSR count). The van der Waals surface area contributed by atoms with Gasteiger partial charge in [0, 0.05) is 42.8 Å². The second kappa shape index (κ2) is 9.03. The molecule has 0 amide bonds. The molecule has 1 saturated heterocycles. The van der Waals surface area contributed by atoms with Gasteiger partial charge < -0.3 is 15.1 Å². The summed E-state index contributed by atoms with van der Waals surface area (Å²) in [5.74, 6) is 0.786. The fourth-order valence-corrected chi connectivity index (χ4v) is 4.20. The number of benzene rings is 1. The minimum Gasteiger partial charge on any atom is -0.368 e. The van der Waals surface area contributed by atoms with Gasteiger partial charge in [-0.25, -0.2) is 4.98 Å². The van der Waals surface area contributed by atoms with Crippen LogP contribution in [-0.4, -0.2) is 36.1 Å². The van der Waals surface area contributed by atoms with Gasteiger partial charge in [0.05, 0.1) is 17.0 Å². The summed E-state index contributed by atoms with van der Waals surface area (Å²) in [6.45, 7) is 2.52. The largest absolute Gasteiger partial charge is 0.416 e. The third-order valence-electron chi connectivity index (χ3n) is 5.21. The van der Waals surface area contributed by atoms with E-state index in [0.717, 1.165) is 17.0 Å². The van der Waals surface area contributed by atoms with Crippen molar-refractivity contribution in [2.45, 2.75) is 12.7 Å². The molecule has 0 bridgehead atoms. The molecule has 0 spiro atoms. The van der Waals surface area contributed by atoms with E-state index in [1.54, 1.807) is 23.5 Å². The van der Waals surface area contributed by atoms with Gasteiger partial charge >= 0.3 is 11.9 Å². The van der Waals surface area contributed by atoms with Gasteiger partial charge in [-0.15, -0.1) is 11.3 Å². The molecule has 7 nitrogen and oxygen atoms in total. The van der Waals surface area contributed by atoms with E-state index in [2.05, 4.69) is 10.3 Å². The van der Waals surface area contributed by atoms with E-state index < -0.39 is 16.7 Å². The number of nitrogens with zero attached hydrogens (tertiary/aromatic N) is 4. The Morgan fingerprint density at radius 1 is 1.06 bits per heavy atom. The Hall–Kier alpha value is -3.34. The van der Waals surface area contributed by atoms with Gasteiger partial charge in [-0.2, -0.15) is 13.2 Å². The van der Waals surface area contributed by atoms with E-state index >= 15 is 0 Å². The van der Waals surface area contributed by atoms with Crippen LogP contribution in [0, 0.1) is 10.1 Å². The van der Waals surface area contributed by atoms with Crippen LogP contribution in [0.2, 0.25) is 0 Å². The number of rotatable bonds is 6. The summed E-state index contributed by atoms with van der Waals surface area (Å²) in [6.07, 6.45) is -4.38. The summed E-state index contributed by atoms with van der Waals surface area (Å²) in [5, 5.41) is 16.4. The molecule has 11 heteroatoms. The maximum atomic E-state index is 13.0. The van der Waals surface area contributed by atoms with E-state index in [0.29, 0.717) is 44.2 Å². The lowest BCUT2D eigenvalue weighted by Gasteiger charge is -2.37. The van der Waals surface area contributed by atoms with Gasteiger partial charge in [-0.3, -0.25) is 10.1 Å². The Kier molecular flexibility index (Phi) is 6.17. The zero-order valence-corrected chi connectivity index (χ0v) is 17.7. The Morgan fingerprint density at radius 3 is 2.47 bits per heavy atom. The molecule has 0 atom stereocenters. The summed E-state index contributed by atoms with van der Waals surface area (Å²) >= 11 is 1.54. The summed E-state index contributed by atoms with van der Waals surface area (Å²) in [7, 11) is 0. The molecule has 0 unspecified atom stereocenters. The Bertz CT molecular complexity index is 1080. The van der Waals surface area contributed by atoms with E-state index in [1.807, 2.05) is 27.3 Å². The van der Waals surface area contributed by atoms with Gasteiger partial charge in [0.25, 0.3) is 0 Å². The molecular formula is C21H20F3N5O2S. The predicted octanol–water partition coefficient (Wildman–Crippen LogP) is 5.01. The lowest BCUT2D eigenvalue weighted by molar-refractivity contribution is -0.384. The zero-order chi connectivity index (χ0) is 22.7. The number of aromatic nitrogens is 1. The van der Waals surface area contributed by atoms with E-state index in [9.17, 15) is 23.3 Å². The summed E-state index contributed by atoms with van der Waals surface area (Å²) in [6, 6.07) is 12.2. The Labute approximate surface area is 186 Å². The molecular weight excluding hydrogens is 443 g/mol. The standard InChI is InChI=1S/C21H20F3N5O2S/c22-21(23,24)15-3-1-4-16(13-15)27-8-10-28(11-9-27)19-7-6-18(29(30)31)20(26-19)25-14-17-5-2-12-32-17/h1-7,12-13H,8-11,14H2,(H,25,26). The van der Waals surface area contributed by atoms with E-state index in [4.69, 9.17) is 0 Å². The molecule has 1 aliphatic rings. The molecule has 32 heavy (non-hydrogen) atoms. The number of anilines is 3. The normalized spacial score (nSPS) is 14.5. The number of hydrogen-bond donors (Lipinski definition) is 1. The first-order valence-corrected chi connectivity index (χ1v) is 10.8. The van der Waals surface area contributed by atoms with Crippen LogP contribution in [0.1, 0.15) is 10.4 Å². The van der Waals surface area contributed by atoms with Crippen LogP contribution in [0.3, 0.4) is 0 Å². The number of hydrogen-bond acceptors (Lipinski definition) is 7. The van der Waals surface area contributed by atoms with Gasteiger partial charge in [0.1, 0.15) is 5.82 Å². The number of halogens is 3. The fraction of sp³-hybridized carbons (Fsp3) is 0.286. The maximum Gasteiger partial charge on any atom is 0.416 e. The molecule has 0 radical (unpaired) electrons. The number of nitro groups is 1. The van der Waals surface area contributed by atoms with Crippen molar-refractivity contribution in [2.24, 2.45) is 0 Å². The van der Waals surface area contributed by atoms with Crippen LogP contribution in [0.25, 0.3) is 0 Å². The maximum absolute atomic E-state index is 13.0. The first-order chi connectivity index (χ1) is 15.3. The lowest BCUT2D eigenvalue weighted by Crippen LogP contribution is -2.46. The second-order valence-electron chi connectivity index (χ2n) is 7.25. The third-order valence-corrected chi connectivity index (χ3v) is 6.08. The molecule has 2 aromatic heterocycles. The molecule has 3 heterocycles. The molecule has 1 aliphatic heterocycles. The fourth-order valence-electron chi connectivity index (χ4n) is 3.55. The number of pyridine rings is 1. The van der Waals surface area contributed by atoms with Crippen molar-refractivity contribution in [1.82, 2.24) is 4.98 Å². The quantitative estimate of drug-likeness (QED) is 0.409. The Morgan fingerprint density at radius 2 is 1.81 bits per heavy atom. The molecule has 1 N–H and O–H groups in total. The predicted molar refractivity (Wildman–Crippen MR) is 118 cm³/mol. The highest BCUT2D eigenvalue weighted by Gasteiger charge is 2.31. The number of thiophene rings is 1. The zero-order valence-electron chi connectivity index (χ0n) is 16.9.